The second-order valence-corrected chi connectivity index (χ2v) is 2.86. The molecular weight excluding hydrogens is 122 g/mol. The summed E-state index contributed by atoms with van der Waals surface area (Å²) in [5.41, 5.74) is 4.00. The van der Waals surface area contributed by atoms with Crippen molar-refractivity contribution in [1.29, 1.82) is 0 Å². The molecule has 2 aliphatic rings. The van der Waals surface area contributed by atoms with Crippen molar-refractivity contribution in [3.8, 4) is 0 Å². The summed E-state index contributed by atoms with van der Waals surface area (Å²) >= 11 is 0. The number of dihydropyridines is 1. The van der Waals surface area contributed by atoms with Gasteiger partial charge in [0.05, 0.1) is 0 Å². The first-order valence-electron chi connectivity index (χ1n) is 3.72. The van der Waals surface area contributed by atoms with Gasteiger partial charge in [0.2, 0.25) is 0 Å². The van der Waals surface area contributed by atoms with Crippen molar-refractivity contribution in [2.75, 3.05) is 0 Å². The number of rotatable bonds is 0. The van der Waals surface area contributed by atoms with Gasteiger partial charge in [0.25, 0.3) is 0 Å². The molecule has 1 saturated carbocycles. The van der Waals surface area contributed by atoms with Gasteiger partial charge in [-0.15, -0.1) is 0 Å². The van der Waals surface area contributed by atoms with Gasteiger partial charge in [-0.2, -0.15) is 0 Å². The molecule has 0 spiro atoms. The zero-order valence-electron chi connectivity index (χ0n) is 5.98. The fourth-order valence-electron chi connectivity index (χ4n) is 1.55. The number of hydrogen-bond acceptors (Lipinski definition) is 1. The molecule has 0 atom stereocenters. The van der Waals surface area contributed by atoms with E-state index in [1.807, 2.05) is 0 Å². The maximum Gasteiger partial charge on any atom is 0.0309 e. The van der Waals surface area contributed by atoms with Crippen LogP contribution < -0.4 is 5.32 Å². The van der Waals surface area contributed by atoms with Crippen molar-refractivity contribution in [2.24, 2.45) is 0 Å². The van der Waals surface area contributed by atoms with Crippen LogP contribution in [0.5, 0.6) is 0 Å². The van der Waals surface area contributed by atoms with Crippen molar-refractivity contribution >= 4 is 0 Å². The van der Waals surface area contributed by atoms with Crippen LogP contribution in [0.2, 0.25) is 0 Å². The van der Waals surface area contributed by atoms with Crippen molar-refractivity contribution in [2.45, 2.75) is 19.3 Å². The van der Waals surface area contributed by atoms with E-state index in [2.05, 4.69) is 24.2 Å². The highest BCUT2D eigenvalue weighted by atomic mass is 14.9. The molecule has 1 heteroatoms. The molecule has 1 N–H and O–H groups in total. The van der Waals surface area contributed by atoms with E-state index in [0.29, 0.717) is 0 Å². The summed E-state index contributed by atoms with van der Waals surface area (Å²) in [7, 11) is 0. The Morgan fingerprint density at radius 2 is 2.10 bits per heavy atom. The molecule has 1 aliphatic heterocycles. The molecule has 0 aromatic heterocycles. The lowest BCUT2D eigenvalue weighted by Crippen LogP contribution is -2.07. The zero-order valence-corrected chi connectivity index (χ0v) is 5.98. The highest BCUT2D eigenvalue weighted by Gasteiger charge is 2.15. The molecule has 10 heavy (non-hydrogen) atoms. The predicted molar refractivity (Wildman–Crippen MR) is 42.3 cm³/mol. The summed E-state index contributed by atoms with van der Waals surface area (Å²) in [6.45, 7) is 3.84. The first kappa shape index (κ1) is 5.78. The molecule has 1 nitrogen and oxygen atoms in total. The summed E-state index contributed by atoms with van der Waals surface area (Å²) in [6, 6.07) is 0. The summed E-state index contributed by atoms with van der Waals surface area (Å²) in [5.74, 6) is 0. The minimum atomic E-state index is 1.03. The molecule has 2 rings (SSSR count). The first-order valence-corrected chi connectivity index (χ1v) is 3.72. The van der Waals surface area contributed by atoms with Crippen LogP contribution in [0.4, 0.5) is 0 Å². The fraction of sp³-hybridized carbons (Fsp3) is 0.333. The number of fused-ring (bicyclic) bond motifs is 1. The molecule has 1 fully saturated rings. The van der Waals surface area contributed by atoms with Crippen LogP contribution in [0.1, 0.15) is 19.3 Å². The molecule has 0 bridgehead atoms. The summed E-state index contributed by atoms with van der Waals surface area (Å²) in [4.78, 5) is 0. The van der Waals surface area contributed by atoms with Crippen LogP contribution in [-0.4, -0.2) is 0 Å². The number of nitrogens with one attached hydrogen (secondary N) is 1. The molecule has 52 valence electrons. The van der Waals surface area contributed by atoms with Crippen LogP contribution in [0.15, 0.2) is 35.7 Å². The van der Waals surface area contributed by atoms with E-state index in [1.165, 1.54) is 30.4 Å². The molecule has 0 saturated heterocycles. The minimum absolute atomic E-state index is 1.03. The number of allylic oxidation sites excluding steroid dienone is 3. The monoisotopic (exact) mass is 133 g/mol. The molecule has 0 radical (unpaired) electrons. The van der Waals surface area contributed by atoms with Gasteiger partial charge in [0.15, 0.2) is 0 Å². The van der Waals surface area contributed by atoms with E-state index in [4.69, 9.17) is 0 Å². The Labute approximate surface area is 61.1 Å². The smallest absolute Gasteiger partial charge is 0.0309 e. The van der Waals surface area contributed by atoms with Crippen LogP contribution in [0, 0.1) is 0 Å². The Morgan fingerprint density at radius 3 is 3.00 bits per heavy atom. The largest absolute Gasteiger partial charge is 0.362 e. The molecule has 0 unspecified atom stereocenters. The third-order valence-corrected chi connectivity index (χ3v) is 2.08. The van der Waals surface area contributed by atoms with E-state index in [-0.39, 0.29) is 0 Å². The fourth-order valence-corrected chi connectivity index (χ4v) is 1.55. The maximum atomic E-state index is 3.84. The van der Waals surface area contributed by atoms with Gasteiger partial charge in [-0.25, -0.2) is 0 Å². The highest BCUT2D eigenvalue weighted by molar-refractivity contribution is 5.43. The van der Waals surface area contributed by atoms with Crippen molar-refractivity contribution in [3.05, 3.63) is 35.7 Å². The summed E-state index contributed by atoms with van der Waals surface area (Å²) in [6.07, 6.45) is 8.04. The normalized spacial score (nSPS) is 23.0. The molecule has 0 aromatic rings. The predicted octanol–water partition coefficient (Wildman–Crippen LogP) is 2.10. The minimum Gasteiger partial charge on any atom is -0.362 e. The van der Waals surface area contributed by atoms with Gasteiger partial charge in [-0.05, 0) is 36.5 Å². The third kappa shape index (κ3) is 0.783. The van der Waals surface area contributed by atoms with E-state index in [1.54, 1.807) is 0 Å². The van der Waals surface area contributed by atoms with Crippen LogP contribution >= 0.6 is 0 Å². The highest BCUT2D eigenvalue weighted by Crippen LogP contribution is 2.32. The van der Waals surface area contributed by atoms with Crippen molar-refractivity contribution in [1.82, 2.24) is 5.32 Å². The van der Waals surface area contributed by atoms with E-state index in [9.17, 15) is 0 Å². The SMILES string of the molecule is C=C1C=C2CCCC2=CN1. The Morgan fingerprint density at radius 1 is 1.30 bits per heavy atom. The molecule has 1 heterocycles. The lowest BCUT2D eigenvalue weighted by atomic mass is 10.1. The molecule has 0 amide bonds. The summed E-state index contributed by atoms with van der Waals surface area (Å²) < 4.78 is 0. The molecular formula is C9H11N. The van der Waals surface area contributed by atoms with Gasteiger partial charge >= 0.3 is 0 Å². The average Bonchev–Trinajstić information content (AvgIpc) is 2.33. The van der Waals surface area contributed by atoms with Crippen LogP contribution in [0.25, 0.3) is 0 Å². The van der Waals surface area contributed by atoms with Crippen molar-refractivity contribution < 1.29 is 0 Å². The molecule has 1 aliphatic carbocycles. The van der Waals surface area contributed by atoms with Crippen LogP contribution in [-0.2, 0) is 0 Å². The van der Waals surface area contributed by atoms with Gasteiger partial charge in [-0.1, -0.05) is 6.58 Å². The van der Waals surface area contributed by atoms with Gasteiger partial charge in [0.1, 0.15) is 0 Å². The Hall–Kier alpha value is -0.980. The quantitative estimate of drug-likeness (QED) is 0.533. The number of hydrogen-bond donors (Lipinski definition) is 1. The van der Waals surface area contributed by atoms with Crippen LogP contribution in [0.3, 0.4) is 0 Å². The first-order chi connectivity index (χ1) is 4.86. The van der Waals surface area contributed by atoms with E-state index >= 15 is 0 Å². The molecule has 0 aromatic carbocycles. The van der Waals surface area contributed by atoms with E-state index < -0.39 is 0 Å². The summed E-state index contributed by atoms with van der Waals surface area (Å²) in [5, 5.41) is 3.12. The Kier molecular flexibility index (Phi) is 1.16. The second-order valence-electron chi connectivity index (χ2n) is 2.86. The average molecular weight is 133 g/mol. The second kappa shape index (κ2) is 2.01. The van der Waals surface area contributed by atoms with Gasteiger partial charge in [-0.3, -0.25) is 0 Å². The standard InChI is InChI=1S/C9H11N/c1-7-5-8-3-2-4-9(8)6-10-7/h5-6,10H,1-4H2. The zero-order chi connectivity index (χ0) is 6.97. The maximum absolute atomic E-state index is 3.84. The topological polar surface area (TPSA) is 12.0 Å². The van der Waals surface area contributed by atoms with E-state index in [0.717, 1.165) is 5.70 Å². The lowest BCUT2D eigenvalue weighted by molar-refractivity contribution is 0.932. The Balaban J connectivity index is 2.35. The lowest BCUT2D eigenvalue weighted by Gasteiger charge is -2.10. The van der Waals surface area contributed by atoms with Gasteiger partial charge < -0.3 is 5.32 Å². The van der Waals surface area contributed by atoms with Crippen molar-refractivity contribution in [3.63, 3.8) is 0 Å². The third-order valence-electron chi connectivity index (χ3n) is 2.08. The van der Waals surface area contributed by atoms with Gasteiger partial charge in [0, 0.05) is 11.9 Å². The Bertz CT molecular complexity index is 233.